The third-order valence-electron chi connectivity index (χ3n) is 3.63. The van der Waals surface area contributed by atoms with Crippen LogP contribution in [-0.2, 0) is 0 Å². The predicted molar refractivity (Wildman–Crippen MR) is 88.8 cm³/mol. The lowest BCUT2D eigenvalue weighted by Crippen LogP contribution is -2.31. The number of aromatic nitrogens is 1. The molecule has 1 amide bonds. The molecule has 1 unspecified atom stereocenters. The number of nitrogens with zero attached hydrogens (tertiary/aromatic N) is 2. The Bertz CT molecular complexity index is 506. The van der Waals surface area contributed by atoms with Crippen LogP contribution in [0, 0.1) is 5.92 Å². The minimum atomic E-state index is -0.0946. The molecule has 3 N–H and O–H groups in total. The molecule has 6 heteroatoms. The monoisotopic (exact) mass is 310 g/mol. The van der Waals surface area contributed by atoms with Gasteiger partial charge in [0.2, 0.25) is 0 Å². The van der Waals surface area contributed by atoms with Gasteiger partial charge in [-0.3, -0.25) is 4.79 Å². The quantitative estimate of drug-likeness (QED) is 0.880. The summed E-state index contributed by atoms with van der Waals surface area (Å²) in [6.45, 7) is 10.1. The molecule has 1 aromatic rings. The molecule has 2 rings (SSSR count). The van der Waals surface area contributed by atoms with Gasteiger partial charge >= 0.3 is 0 Å². The highest BCUT2D eigenvalue weighted by Gasteiger charge is 2.25. The van der Waals surface area contributed by atoms with E-state index in [1.807, 2.05) is 4.90 Å². The van der Waals surface area contributed by atoms with Gasteiger partial charge in [-0.25, -0.2) is 4.98 Å². The van der Waals surface area contributed by atoms with E-state index in [1.54, 1.807) is 0 Å². The first-order chi connectivity index (χ1) is 9.76. The van der Waals surface area contributed by atoms with Crippen LogP contribution >= 0.6 is 11.3 Å². The van der Waals surface area contributed by atoms with Crippen LogP contribution in [0.15, 0.2) is 0 Å². The Labute approximate surface area is 130 Å². The molecule has 2 heterocycles. The highest BCUT2D eigenvalue weighted by atomic mass is 32.1. The normalized spacial score (nSPS) is 20.2. The molecule has 5 nitrogen and oxygen atoms in total. The second-order valence-electron chi connectivity index (χ2n) is 6.94. The maximum atomic E-state index is 12.6. The van der Waals surface area contributed by atoms with E-state index in [-0.39, 0.29) is 11.4 Å². The van der Waals surface area contributed by atoms with Gasteiger partial charge in [0, 0.05) is 18.6 Å². The number of thiazole rings is 1. The molecule has 0 bridgehead atoms. The van der Waals surface area contributed by atoms with Crippen molar-refractivity contribution in [3.8, 4) is 0 Å². The van der Waals surface area contributed by atoms with Crippen molar-refractivity contribution in [3.63, 3.8) is 0 Å². The van der Waals surface area contributed by atoms with Crippen molar-refractivity contribution < 1.29 is 4.79 Å². The molecule has 0 aromatic carbocycles. The largest absolute Gasteiger partial charge is 0.382 e. The molecule has 0 spiro atoms. The van der Waals surface area contributed by atoms with Gasteiger partial charge in [0.05, 0.1) is 0 Å². The number of nitrogens with one attached hydrogen (secondary N) is 1. The lowest BCUT2D eigenvalue weighted by Gasteiger charge is -2.20. The van der Waals surface area contributed by atoms with E-state index >= 15 is 0 Å². The van der Waals surface area contributed by atoms with E-state index in [1.165, 1.54) is 17.8 Å². The fourth-order valence-electron chi connectivity index (χ4n) is 2.47. The molecular weight excluding hydrogens is 284 g/mol. The van der Waals surface area contributed by atoms with E-state index < -0.39 is 0 Å². The number of carbonyl (C=O) groups excluding carboxylic acids is 1. The summed E-state index contributed by atoms with van der Waals surface area (Å²) in [6, 6.07) is 0. The fourth-order valence-corrected chi connectivity index (χ4v) is 3.53. The second-order valence-corrected chi connectivity index (χ2v) is 7.94. The fraction of sp³-hybridized carbons (Fsp3) is 0.733. The molecule has 0 saturated carbocycles. The molecule has 0 radical (unpaired) electrons. The Kier molecular flexibility index (Phi) is 4.76. The summed E-state index contributed by atoms with van der Waals surface area (Å²) in [5, 5.41) is 3.99. The molecule has 1 atom stereocenters. The summed E-state index contributed by atoms with van der Waals surface area (Å²) in [4.78, 5) is 19.4. The molecule has 1 aliphatic rings. The van der Waals surface area contributed by atoms with Gasteiger partial charge in [-0.05, 0) is 46.0 Å². The molecule has 1 fully saturated rings. The van der Waals surface area contributed by atoms with Crippen LogP contribution in [0.1, 0.15) is 56.6 Å². The maximum Gasteiger partial charge on any atom is 0.267 e. The van der Waals surface area contributed by atoms with Gasteiger partial charge in [-0.1, -0.05) is 18.3 Å². The van der Waals surface area contributed by atoms with Crippen LogP contribution in [0.5, 0.6) is 0 Å². The van der Waals surface area contributed by atoms with Crippen molar-refractivity contribution in [2.45, 2.75) is 52.5 Å². The summed E-state index contributed by atoms with van der Waals surface area (Å²) >= 11 is 1.36. The van der Waals surface area contributed by atoms with Crippen LogP contribution < -0.4 is 11.1 Å². The standard InChI is InChI=1S/C15H26N4OS/c1-10-6-5-8-19(9-7-10)13(20)11-12(16)17-14(21-11)18-15(2,3)4/h10H,5-9,16H2,1-4H3,(H,17,18). The number of carbonyl (C=O) groups is 1. The smallest absolute Gasteiger partial charge is 0.267 e. The van der Waals surface area contributed by atoms with Crippen molar-refractivity contribution in [2.24, 2.45) is 5.92 Å². The van der Waals surface area contributed by atoms with Gasteiger partial charge in [0.1, 0.15) is 10.7 Å². The first-order valence-electron chi connectivity index (χ1n) is 7.60. The number of nitrogen functional groups attached to an aromatic ring is 1. The van der Waals surface area contributed by atoms with Crippen molar-refractivity contribution in [3.05, 3.63) is 4.88 Å². The second kappa shape index (κ2) is 6.22. The summed E-state index contributed by atoms with van der Waals surface area (Å²) in [5.74, 6) is 1.06. The molecule has 1 aromatic heterocycles. The number of hydrogen-bond acceptors (Lipinski definition) is 5. The van der Waals surface area contributed by atoms with Gasteiger partial charge in [-0.2, -0.15) is 0 Å². The summed E-state index contributed by atoms with van der Waals surface area (Å²) in [5.41, 5.74) is 5.85. The van der Waals surface area contributed by atoms with E-state index in [0.717, 1.165) is 25.9 Å². The maximum absolute atomic E-state index is 12.6. The Balaban J connectivity index is 2.12. The highest BCUT2D eigenvalue weighted by Crippen LogP contribution is 2.29. The van der Waals surface area contributed by atoms with Crippen molar-refractivity contribution >= 4 is 28.2 Å². The van der Waals surface area contributed by atoms with Crippen molar-refractivity contribution in [1.82, 2.24) is 9.88 Å². The Morgan fingerprint density at radius 1 is 1.38 bits per heavy atom. The summed E-state index contributed by atoms with van der Waals surface area (Å²) in [6.07, 6.45) is 3.33. The number of likely N-dealkylation sites (tertiary alicyclic amines) is 1. The summed E-state index contributed by atoms with van der Waals surface area (Å²) in [7, 11) is 0. The van der Waals surface area contributed by atoms with Crippen molar-refractivity contribution in [2.75, 3.05) is 24.1 Å². The van der Waals surface area contributed by atoms with Gasteiger partial charge in [-0.15, -0.1) is 0 Å². The molecule has 0 aliphatic carbocycles. The zero-order chi connectivity index (χ0) is 15.6. The van der Waals surface area contributed by atoms with Crippen LogP contribution in [-0.4, -0.2) is 34.4 Å². The van der Waals surface area contributed by atoms with Crippen LogP contribution in [0.4, 0.5) is 10.9 Å². The highest BCUT2D eigenvalue weighted by molar-refractivity contribution is 7.18. The lowest BCUT2D eigenvalue weighted by atomic mass is 10.0. The Hall–Kier alpha value is -1.30. The van der Waals surface area contributed by atoms with Crippen LogP contribution in [0.2, 0.25) is 0 Å². The molecule has 21 heavy (non-hydrogen) atoms. The van der Waals surface area contributed by atoms with E-state index in [4.69, 9.17) is 5.73 Å². The average Bonchev–Trinajstić information content (AvgIpc) is 2.57. The number of amides is 1. The first-order valence-corrected chi connectivity index (χ1v) is 8.41. The minimum absolute atomic E-state index is 0.0288. The average molecular weight is 310 g/mol. The zero-order valence-electron chi connectivity index (χ0n) is 13.4. The predicted octanol–water partition coefficient (Wildman–Crippen LogP) is 3.20. The molecule has 1 aliphatic heterocycles. The first kappa shape index (κ1) is 16.1. The topological polar surface area (TPSA) is 71.2 Å². The van der Waals surface area contributed by atoms with Gasteiger partial charge < -0.3 is 16.0 Å². The SMILES string of the molecule is CC1CCCN(C(=O)c2sc(NC(C)(C)C)nc2N)CC1. The lowest BCUT2D eigenvalue weighted by molar-refractivity contribution is 0.0766. The number of nitrogens with two attached hydrogens (primary N) is 1. The molecular formula is C15H26N4OS. The Morgan fingerprint density at radius 3 is 2.76 bits per heavy atom. The van der Waals surface area contributed by atoms with Gasteiger partial charge in [0.15, 0.2) is 5.13 Å². The summed E-state index contributed by atoms with van der Waals surface area (Å²) < 4.78 is 0. The van der Waals surface area contributed by atoms with Gasteiger partial charge in [0.25, 0.3) is 5.91 Å². The van der Waals surface area contributed by atoms with Crippen LogP contribution in [0.3, 0.4) is 0 Å². The van der Waals surface area contributed by atoms with E-state index in [2.05, 4.69) is 38.0 Å². The zero-order valence-corrected chi connectivity index (χ0v) is 14.2. The number of rotatable bonds is 2. The van der Waals surface area contributed by atoms with Crippen molar-refractivity contribution in [1.29, 1.82) is 0 Å². The third kappa shape index (κ3) is 4.33. The van der Waals surface area contributed by atoms with Crippen LogP contribution in [0.25, 0.3) is 0 Å². The van der Waals surface area contributed by atoms with E-state index in [0.29, 0.717) is 21.7 Å². The minimum Gasteiger partial charge on any atom is -0.382 e. The third-order valence-corrected chi connectivity index (χ3v) is 4.61. The number of anilines is 2. The number of hydrogen-bond donors (Lipinski definition) is 2. The molecule has 1 saturated heterocycles. The van der Waals surface area contributed by atoms with E-state index in [9.17, 15) is 4.79 Å². The molecule has 118 valence electrons. The Morgan fingerprint density at radius 2 is 2.10 bits per heavy atom.